The Hall–Kier alpha value is -1.26. The Kier molecular flexibility index (Phi) is 8.07. The highest BCUT2D eigenvalue weighted by Gasteiger charge is 2.01. The number of carbonyl (C=O) groups is 1. The minimum atomic E-state index is -0.0495. The van der Waals surface area contributed by atoms with Crippen molar-refractivity contribution in [1.82, 2.24) is 10.2 Å². The molecule has 0 radical (unpaired) electrons. The minimum absolute atomic E-state index is 0.0495. The van der Waals surface area contributed by atoms with Crippen LogP contribution in [0.1, 0.15) is 25.0 Å². The second-order valence-corrected chi connectivity index (χ2v) is 5.28. The van der Waals surface area contributed by atoms with Crippen molar-refractivity contribution in [2.75, 3.05) is 19.3 Å². The summed E-state index contributed by atoms with van der Waals surface area (Å²) in [4.78, 5) is 13.8. The van der Waals surface area contributed by atoms with Crippen LogP contribution in [0.2, 0.25) is 0 Å². The van der Waals surface area contributed by atoms with Gasteiger partial charge < -0.3 is 5.32 Å². The highest BCUT2D eigenvalue weighted by atomic mass is 32.2. The molecule has 0 fully saturated rings. The molecule has 0 aliphatic heterocycles. The molecule has 0 saturated heterocycles. The summed E-state index contributed by atoms with van der Waals surface area (Å²) in [5, 5.41) is 4.65. The fraction of sp³-hybridized carbons (Fsp3) is 0.438. The third-order valence-electron chi connectivity index (χ3n) is 3.15. The van der Waals surface area contributed by atoms with Crippen molar-refractivity contribution in [3.05, 3.63) is 46.9 Å². The van der Waals surface area contributed by atoms with Gasteiger partial charge in [-0.3, -0.25) is 9.69 Å². The second kappa shape index (κ2) is 9.61. The van der Waals surface area contributed by atoms with Crippen LogP contribution in [0.5, 0.6) is 0 Å². The molecule has 0 heterocycles. The zero-order valence-corrected chi connectivity index (χ0v) is 13.4. The molecule has 1 aromatic rings. The Morgan fingerprint density at radius 1 is 1.20 bits per heavy atom. The molecule has 110 valence electrons. The van der Waals surface area contributed by atoms with Crippen LogP contribution in [0.15, 0.2) is 35.7 Å². The molecule has 0 aromatic heterocycles. The normalized spacial score (nSPS) is 11.2. The van der Waals surface area contributed by atoms with E-state index >= 15 is 0 Å². The Labute approximate surface area is 126 Å². The highest BCUT2D eigenvalue weighted by molar-refractivity contribution is 8.01. The van der Waals surface area contributed by atoms with Crippen molar-refractivity contribution in [2.24, 2.45) is 0 Å². The Morgan fingerprint density at radius 2 is 1.80 bits per heavy atom. The van der Waals surface area contributed by atoms with Gasteiger partial charge in [0.05, 0.1) is 0 Å². The largest absolute Gasteiger partial charge is 0.348 e. The monoisotopic (exact) mass is 292 g/mol. The fourth-order valence-corrected chi connectivity index (χ4v) is 2.11. The predicted molar refractivity (Wildman–Crippen MR) is 87.6 cm³/mol. The molecule has 0 bridgehead atoms. The first-order chi connectivity index (χ1) is 9.69. The summed E-state index contributed by atoms with van der Waals surface area (Å²) in [5.41, 5.74) is 2.44. The van der Waals surface area contributed by atoms with Crippen molar-refractivity contribution in [1.29, 1.82) is 0 Å². The van der Waals surface area contributed by atoms with Gasteiger partial charge >= 0.3 is 0 Å². The molecule has 0 aliphatic carbocycles. The number of hydrogen-bond acceptors (Lipinski definition) is 3. The summed E-state index contributed by atoms with van der Waals surface area (Å²) in [6.45, 7) is 8.04. The van der Waals surface area contributed by atoms with Crippen LogP contribution in [-0.4, -0.2) is 30.2 Å². The lowest BCUT2D eigenvalue weighted by molar-refractivity contribution is -0.116. The zero-order chi connectivity index (χ0) is 14.8. The number of nitrogens with zero attached hydrogens (tertiary/aromatic N) is 1. The number of nitrogens with one attached hydrogen (secondary N) is 1. The molecular formula is C16H24N2OS. The maximum atomic E-state index is 11.4. The quantitative estimate of drug-likeness (QED) is 0.748. The van der Waals surface area contributed by atoms with E-state index in [0.29, 0.717) is 6.54 Å². The van der Waals surface area contributed by atoms with Crippen molar-refractivity contribution >= 4 is 17.7 Å². The SMILES string of the molecule is CCN(CC)Cc1ccc(CNC(=O)C=CSC)cc1. The van der Waals surface area contributed by atoms with Gasteiger partial charge in [0.15, 0.2) is 0 Å². The van der Waals surface area contributed by atoms with Crippen molar-refractivity contribution in [3.63, 3.8) is 0 Å². The number of thioether (sulfide) groups is 1. The van der Waals surface area contributed by atoms with Crippen molar-refractivity contribution in [3.8, 4) is 0 Å². The number of carbonyl (C=O) groups excluding carboxylic acids is 1. The molecule has 1 rings (SSSR count). The molecule has 0 spiro atoms. The van der Waals surface area contributed by atoms with Crippen LogP contribution in [0.3, 0.4) is 0 Å². The number of benzene rings is 1. The predicted octanol–water partition coefficient (Wildman–Crippen LogP) is 3.02. The average Bonchev–Trinajstić information content (AvgIpc) is 2.49. The van der Waals surface area contributed by atoms with Gasteiger partial charge in [0.2, 0.25) is 5.91 Å². The maximum absolute atomic E-state index is 11.4. The zero-order valence-electron chi connectivity index (χ0n) is 12.6. The van der Waals surface area contributed by atoms with E-state index in [2.05, 4.69) is 48.3 Å². The maximum Gasteiger partial charge on any atom is 0.244 e. The van der Waals surface area contributed by atoms with Gasteiger partial charge in [0.25, 0.3) is 0 Å². The van der Waals surface area contributed by atoms with E-state index in [1.165, 1.54) is 17.3 Å². The summed E-state index contributed by atoms with van der Waals surface area (Å²) < 4.78 is 0. The van der Waals surface area contributed by atoms with Gasteiger partial charge in [0.1, 0.15) is 0 Å². The molecule has 1 N–H and O–H groups in total. The van der Waals surface area contributed by atoms with E-state index in [4.69, 9.17) is 0 Å². The molecule has 1 aromatic carbocycles. The molecule has 20 heavy (non-hydrogen) atoms. The summed E-state index contributed by atoms with van der Waals surface area (Å²) in [5.74, 6) is -0.0495. The van der Waals surface area contributed by atoms with E-state index in [1.54, 1.807) is 11.5 Å². The first kappa shape index (κ1) is 16.8. The molecular weight excluding hydrogens is 268 g/mol. The topological polar surface area (TPSA) is 32.3 Å². The molecule has 0 atom stereocenters. The first-order valence-corrected chi connectivity index (χ1v) is 8.25. The van der Waals surface area contributed by atoms with Crippen LogP contribution in [0.25, 0.3) is 0 Å². The van der Waals surface area contributed by atoms with Gasteiger partial charge in [-0.1, -0.05) is 38.1 Å². The van der Waals surface area contributed by atoms with E-state index in [0.717, 1.165) is 25.2 Å². The van der Waals surface area contributed by atoms with Crippen LogP contribution in [0, 0.1) is 0 Å². The lowest BCUT2D eigenvalue weighted by atomic mass is 10.1. The average molecular weight is 292 g/mol. The highest BCUT2D eigenvalue weighted by Crippen LogP contribution is 2.07. The lowest BCUT2D eigenvalue weighted by Crippen LogP contribution is -2.22. The van der Waals surface area contributed by atoms with E-state index in [-0.39, 0.29) is 5.91 Å². The number of rotatable bonds is 8. The minimum Gasteiger partial charge on any atom is -0.348 e. The smallest absolute Gasteiger partial charge is 0.244 e. The van der Waals surface area contributed by atoms with Crippen molar-refractivity contribution < 1.29 is 4.79 Å². The standard InChI is InChI=1S/C16H24N2OS/c1-4-18(5-2)13-15-8-6-14(7-9-15)12-17-16(19)10-11-20-3/h6-11H,4-5,12-13H2,1-3H3,(H,17,19). The Balaban J connectivity index is 2.46. The van der Waals surface area contributed by atoms with Gasteiger partial charge in [-0.05, 0) is 35.9 Å². The van der Waals surface area contributed by atoms with Gasteiger partial charge in [-0.25, -0.2) is 0 Å². The molecule has 0 saturated carbocycles. The lowest BCUT2D eigenvalue weighted by Gasteiger charge is -2.18. The third kappa shape index (κ3) is 6.26. The molecule has 0 unspecified atom stereocenters. The van der Waals surface area contributed by atoms with E-state index < -0.39 is 0 Å². The van der Waals surface area contributed by atoms with Gasteiger partial charge in [-0.2, -0.15) is 0 Å². The fourth-order valence-electron chi connectivity index (χ4n) is 1.85. The molecule has 3 nitrogen and oxygen atoms in total. The summed E-state index contributed by atoms with van der Waals surface area (Å²) in [6.07, 6.45) is 3.48. The van der Waals surface area contributed by atoms with Crippen LogP contribution in [-0.2, 0) is 17.9 Å². The third-order valence-corrected chi connectivity index (χ3v) is 3.55. The van der Waals surface area contributed by atoms with Crippen molar-refractivity contribution in [2.45, 2.75) is 26.9 Å². The van der Waals surface area contributed by atoms with Crippen LogP contribution >= 0.6 is 11.8 Å². The van der Waals surface area contributed by atoms with Crippen LogP contribution < -0.4 is 5.32 Å². The Morgan fingerprint density at radius 3 is 2.35 bits per heavy atom. The number of amides is 1. The summed E-state index contributed by atoms with van der Waals surface area (Å²) in [6, 6.07) is 8.43. The molecule has 1 amide bonds. The van der Waals surface area contributed by atoms with E-state index in [9.17, 15) is 4.79 Å². The second-order valence-electron chi connectivity index (χ2n) is 4.53. The van der Waals surface area contributed by atoms with Gasteiger partial charge in [0, 0.05) is 19.2 Å². The Bertz CT molecular complexity index is 425. The van der Waals surface area contributed by atoms with Gasteiger partial charge in [-0.15, -0.1) is 11.8 Å². The van der Waals surface area contributed by atoms with E-state index in [1.807, 2.05) is 6.26 Å². The number of hydrogen-bond donors (Lipinski definition) is 1. The molecule has 4 heteroatoms. The molecule has 0 aliphatic rings. The van der Waals surface area contributed by atoms with Crippen LogP contribution in [0.4, 0.5) is 0 Å². The summed E-state index contributed by atoms with van der Waals surface area (Å²) in [7, 11) is 0. The summed E-state index contributed by atoms with van der Waals surface area (Å²) >= 11 is 1.52. The first-order valence-electron chi connectivity index (χ1n) is 6.97.